The van der Waals surface area contributed by atoms with Crippen molar-refractivity contribution in [3.63, 3.8) is 0 Å². The first kappa shape index (κ1) is 18.9. The molecule has 1 aromatic heterocycles. The topological polar surface area (TPSA) is 74.7 Å². The summed E-state index contributed by atoms with van der Waals surface area (Å²) in [6.45, 7) is 2.53. The van der Waals surface area contributed by atoms with Crippen molar-refractivity contribution in [3.05, 3.63) is 59.3 Å². The first-order valence-corrected chi connectivity index (χ1v) is 10.1. The van der Waals surface area contributed by atoms with E-state index in [1.54, 1.807) is 18.3 Å². The fourth-order valence-electron chi connectivity index (χ4n) is 3.66. The first-order valence-electron chi connectivity index (χ1n) is 10.1. The van der Waals surface area contributed by atoms with Crippen LogP contribution in [0.5, 0.6) is 5.88 Å². The maximum absolute atomic E-state index is 12.4. The van der Waals surface area contributed by atoms with Gasteiger partial charge in [0.25, 0.3) is 5.91 Å². The summed E-state index contributed by atoms with van der Waals surface area (Å²) in [5.41, 5.74) is 3.21. The quantitative estimate of drug-likeness (QED) is 0.769. The van der Waals surface area contributed by atoms with Gasteiger partial charge < -0.3 is 15.2 Å². The van der Waals surface area contributed by atoms with E-state index in [1.807, 2.05) is 0 Å². The van der Waals surface area contributed by atoms with Gasteiger partial charge in [0.2, 0.25) is 5.88 Å². The molecule has 0 spiro atoms. The highest BCUT2D eigenvalue weighted by molar-refractivity contribution is 5.94. The lowest BCUT2D eigenvalue weighted by atomic mass is 9.96. The molecule has 0 bridgehead atoms. The predicted molar refractivity (Wildman–Crippen MR) is 106 cm³/mol. The summed E-state index contributed by atoms with van der Waals surface area (Å²) in [6.07, 6.45) is 5.48. The van der Waals surface area contributed by atoms with Gasteiger partial charge in [-0.3, -0.25) is 9.69 Å². The molecule has 0 saturated heterocycles. The number of rotatable bonds is 7. The van der Waals surface area contributed by atoms with Gasteiger partial charge >= 0.3 is 0 Å². The number of nitrogens with one attached hydrogen (secondary N) is 1. The number of pyridine rings is 1. The van der Waals surface area contributed by atoms with Crippen LogP contribution in [0.1, 0.15) is 40.7 Å². The highest BCUT2D eigenvalue weighted by Gasteiger charge is 2.21. The number of carbonyl (C=O) groups is 1. The summed E-state index contributed by atoms with van der Waals surface area (Å²) in [4.78, 5) is 18.8. The van der Waals surface area contributed by atoms with E-state index in [0.717, 1.165) is 32.4 Å². The van der Waals surface area contributed by atoms with E-state index in [1.165, 1.54) is 17.5 Å². The Morgan fingerprint density at radius 1 is 1.29 bits per heavy atom. The van der Waals surface area contributed by atoms with E-state index in [0.29, 0.717) is 18.0 Å². The lowest BCUT2D eigenvalue weighted by molar-refractivity contribution is 0.0839. The highest BCUT2D eigenvalue weighted by Crippen LogP contribution is 2.24. The van der Waals surface area contributed by atoms with Crippen LogP contribution in [-0.4, -0.2) is 52.7 Å². The van der Waals surface area contributed by atoms with Crippen LogP contribution in [0.25, 0.3) is 0 Å². The SMILES string of the molecule is O=C(NC[C@H](O)CN1CCc2ccccc2C1)c1ccnc(OC2CCC2)c1. The Kier molecular flexibility index (Phi) is 5.88. The molecule has 1 aromatic carbocycles. The Balaban J connectivity index is 1.25. The molecule has 6 nitrogen and oxygen atoms in total. The van der Waals surface area contributed by atoms with Gasteiger partial charge in [0.1, 0.15) is 6.10 Å². The Morgan fingerprint density at radius 3 is 2.89 bits per heavy atom. The average molecular weight is 381 g/mol. The third-order valence-corrected chi connectivity index (χ3v) is 5.51. The number of aliphatic hydroxyl groups is 1. The second kappa shape index (κ2) is 8.71. The molecule has 1 aliphatic carbocycles. The van der Waals surface area contributed by atoms with Crippen LogP contribution in [0, 0.1) is 0 Å². The Labute approximate surface area is 165 Å². The van der Waals surface area contributed by atoms with Crippen molar-refractivity contribution in [2.75, 3.05) is 19.6 Å². The molecule has 1 amide bonds. The van der Waals surface area contributed by atoms with Crippen LogP contribution < -0.4 is 10.1 Å². The molecule has 1 saturated carbocycles. The van der Waals surface area contributed by atoms with E-state index >= 15 is 0 Å². The summed E-state index contributed by atoms with van der Waals surface area (Å²) in [6, 6.07) is 11.8. The number of aromatic nitrogens is 1. The minimum atomic E-state index is -0.609. The van der Waals surface area contributed by atoms with Gasteiger partial charge in [0.15, 0.2) is 0 Å². The van der Waals surface area contributed by atoms with Crippen LogP contribution >= 0.6 is 0 Å². The zero-order valence-electron chi connectivity index (χ0n) is 16.0. The lowest BCUT2D eigenvalue weighted by Crippen LogP contribution is -2.42. The largest absolute Gasteiger partial charge is 0.474 e. The molecular weight excluding hydrogens is 354 g/mol. The first-order chi connectivity index (χ1) is 13.7. The number of benzene rings is 1. The van der Waals surface area contributed by atoms with Crippen LogP contribution in [0.3, 0.4) is 0 Å². The summed E-state index contributed by atoms with van der Waals surface area (Å²) >= 11 is 0. The van der Waals surface area contributed by atoms with Crippen LogP contribution in [0.2, 0.25) is 0 Å². The molecule has 2 aliphatic rings. The van der Waals surface area contributed by atoms with Gasteiger partial charge in [-0.05, 0) is 42.9 Å². The van der Waals surface area contributed by atoms with Crippen molar-refractivity contribution in [1.29, 1.82) is 0 Å². The summed E-state index contributed by atoms with van der Waals surface area (Å²) in [7, 11) is 0. The number of hydrogen-bond acceptors (Lipinski definition) is 5. The summed E-state index contributed by atoms with van der Waals surface area (Å²) < 4.78 is 5.75. The number of hydrogen-bond donors (Lipinski definition) is 2. The number of ether oxygens (including phenoxy) is 1. The molecule has 0 radical (unpaired) electrons. The number of fused-ring (bicyclic) bond motifs is 1. The molecular formula is C22H27N3O3. The maximum Gasteiger partial charge on any atom is 0.251 e. The van der Waals surface area contributed by atoms with Crippen molar-refractivity contribution in [2.24, 2.45) is 0 Å². The molecule has 1 fully saturated rings. The molecule has 6 heteroatoms. The number of β-amino-alcohol motifs (C(OH)–C–C–N with tert-alkyl or cyclic N) is 1. The van der Waals surface area contributed by atoms with Gasteiger partial charge in [-0.15, -0.1) is 0 Å². The van der Waals surface area contributed by atoms with Crippen LogP contribution in [0.15, 0.2) is 42.6 Å². The maximum atomic E-state index is 12.4. The summed E-state index contributed by atoms with van der Waals surface area (Å²) in [5, 5.41) is 13.2. The third-order valence-electron chi connectivity index (χ3n) is 5.51. The van der Waals surface area contributed by atoms with Gasteiger partial charge in [0, 0.05) is 44.0 Å². The fourth-order valence-corrected chi connectivity index (χ4v) is 3.66. The second-order valence-corrected chi connectivity index (χ2v) is 7.67. The molecule has 1 aliphatic heterocycles. The van der Waals surface area contributed by atoms with Crippen molar-refractivity contribution in [2.45, 2.75) is 44.4 Å². The fraction of sp³-hybridized carbons (Fsp3) is 0.455. The van der Waals surface area contributed by atoms with Gasteiger partial charge in [-0.1, -0.05) is 24.3 Å². The van der Waals surface area contributed by atoms with Gasteiger partial charge in [0.05, 0.1) is 6.10 Å². The monoisotopic (exact) mass is 381 g/mol. The van der Waals surface area contributed by atoms with Gasteiger partial charge in [-0.2, -0.15) is 0 Å². The molecule has 2 heterocycles. The zero-order chi connectivity index (χ0) is 19.3. The Bertz CT molecular complexity index is 822. The van der Waals surface area contributed by atoms with Crippen LogP contribution in [-0.2, 0) is 13.0 Å². The zero-order valence-corrected chi connectivity index (χ0v) is 16.0. The third kappa shape index (κ3) is 4.69. The molecule has 2 aromatic rings. The predicted octanol–water partition coefficient (Wildman–Crippen LogP) is 2.16. The van der Waals surface area contributed by atoms with Crippen molar-refractivity contribution in [3.8, 4) is 5.88 Å². The summed E-state index contributed by atoms with van der Waals surface area (Å²) in [5.74, 6) is 0.272. The van der Waals surface area contributed by atoms with E-state index in [4.69, 9.17) is 4.74 Å². The molecule has 0 unspecified atom stereocenters. The van der Waals surface area contributed by atoms with Crippen molar-refractivity contribution >= 4 is 5.91 Å². The molecule has 148 valence electrons. The van der Waals surface area contributed by atoms with Crippen LogP contribution in [0.4, 0.5) is 0 Å². The molecule has 4 rings (SSSR count). The number of nitrogens with zero attached hydrogens (tertiary/aromatic N) is 2. The van der Waals surface area contributed by atoms with E-state index < -0.39 is 6.10 Å². The molecule has 2 N–H and O–H groups in total. The lowest BCUT2D eigenvalue weighted by Gasteiger charge is -2.30. The van der Waals surface area contributed by atoms with Crippen molar-refractivity contribution < 1.29 is 14.6 Å². The number of carbonyl (C=O) groups excluding carboxylic acids is 1. The minimum Gasteiger partial charge on any atom is -0.474 e. The second-order valence-electron chi connectivity index (χ2n) is 7.67. The number of amides is 1. The molecule has 28 heavy (non-hydrogen) atoms. The Hall–Kier alpha value is -2.44. The normalized spacial score (nSPS) is 18.0. The average Bonchev–Trinajstić information content (AvgIpc) is 2.69. The standard InChI is InChI=1S/C22H27N3O3/c26-19(15-25-11-9-16-4-1-2-5-18(16)14-25)13-24-22(27)17-8-10-23-21(12-17)28-20-6-3-7-20/h1-2,4-5,8,10,12,19-20,26H,3,6-7,9,11,13-15H2,(H,24,27)/t19-/m0/s1. The highest BCUT2D eigenvalue weighted by atomic mass is 16.5. The van der Waals surface area contributed by atoms with Gasteiger partial charge in [-0.25, -0.2) is 4.98 Å². The number of aliphatic hydroxyl groups excluding tert-OH is 1. The molecule has 1 atom stereocenters. The smallest absolute Gasteiger partial charge is 0.251 e. The minimum absolute atomic E-state index is 0.219. The van der Waals surface area contributed by atoms with E-state index in [-0.39, 0.29) is 18.6 Å². The van der Waals surface area contributed by atoms with E-state index in [2.05, 4.69) is 39.5 Å². The van der Waals surface area contributed by atoms with Crippen molar-refractivity contribution in [1.82, 2.24) is 15.2 Å². The van der Waals surface area contributed by atoms with E-state index in [9.17, 15) is 9.90 Å². The Morgan fingerprint density at radius 2 is 2.11 bits per heavy atom.